The van der Waals surface area contributed by atoms with Crippen molar-refractivity contribution in [2.24, 2.45) is 11.3 Å². The largest absolute Gasteiger partial charge is 0.490 e. The number of hydrogen-bond acceptors (Lipinski definition) is 5. The molecule has 2 N–H and O–H groups in total. The van der Waals surface area contributed by atoms with E-state index >= 15 is 0 Å². The minimum absolute atomic E-state index is 0.226. The highest BCUT2D eigenvalue weighted by Gasteiger charge is 2.49. The monoisotopic (exact) mass is 596 g/mol. The Morgan fingerprint density at radius 2 is 2.02 bits per heavy atom. The van der Waals surface area contributed by atoms with E-state index < -0.39 is 15.8 Å². The Morgan fingerprint density at radius 1 is 1.20 bits per heavy atom. The smallest absolute Gasteiger partial charge is 0.262 e. The molecule has 2 aliphatic carbocycles. The molecule has 8 heteroatoms. The molecule has 0 saturated heterocycles. The van der Waals surface area contributed by atoms with Gasteiger partial charge in [0, 0.05) is 39.8 Å². The lowest BCUT2D eigenvalue weighted by Crippen LogP contribution is -2.53. The number of halogens is 1. The van der Waals surface area contributed by atoms with Crippen molar-refractivity contribution in [1.29, 1.82) is 0 Å². The molecule has 41 heavy (non-hydrogen) atoms. The molecule has 6 nitrogen and oxygen atoms in total. The van der Waals surface area contributed by atoms with Gasteiger partial charge in [0.15, 0.2) is 0 Å². The van der Waals surface area contributed by atoms with Crippen LogP contribution in [0.1, 0.15) is 73.9 Å². The summed E-state index contributed by atoms with van der Waals surface area (Å²) in [6.45, 7) is 6.07. The second-order valence-corrected chi connectivity index (χ2v) is 15.8. The van der Waals surface area contributed by atoms with Gasteiger partial charge in [0.25, 0.3) is 5.91 Å². The third kappa shape index (κ3) is 5.19. The number of fused-ring (bicyclic) bond motifs is 4. The fourth-order valence-corrected chi connectivity index (χ4v) is 8.64. The van der Waals surface area contributed by atoms with Gasteiger partial charge in [-0.2, -0.15) is 0 Å². The zero-order valence-electron chi connectivity index (χ0n) is 24.0. The van der Waals surface area contributed by atoms with Gasteiger partial charge in [-0.15, -0.1) is 0 Å². The van der Waals surface area contributed by atoms with E-state index in [4.69, 9.17) is 16.3 Å². The highest BCUT2D eigenvalue weighted by Crippen LogP contribution is 2.52. The molecular formula is C33H41ClN2O4S. The third-order valence-electron chi connectivity index (χ3n) is 10.4. The molecule has 2 aromatic rings. The number of aliphatic hydroxyl groups is 1. The number of aliphatic hydroxyl groups excluding tert-OH is 1. The summed E-state index contributed by atoms with van der Waals surface area (Å²) >= 11 is 6.40. The number of carbonyl (C=O) groups is 1. The van der Waals surface area contributed by atoms with Crippen molar-refractivity contribution in [3.05, 3.63) is 70.3 Å². The molecular weight excluding hydrogens is 556 g/mol. The van der Waals surface area contributed by atoms with Crippen LogP contribution in [0.3, 0.4) is 0 Å². The number of amides is 1. The molecule has 2 aliphatic heterocycles. The first kappa shape index (κ1) is 28.6. The Balaban J connectivity index is 1.44. The number of allylic oxidation sites excluding steroid dienone is 1. The minimum Gasteiger partial charge on any atom is -0.490 e. The number of nitrogens with one attached hydrogen (secondary N) is 1. The summed E-state index contributed by atoms with van der Waals surface area (Å²) in [5.74, 6) is 4.53. The predicted octanol–water partition coefficient (Wildman–Crippen LogP) is 5.69. The fraction of sp³-hybridized carbons (Fsp3) is 0.515. The summed E-state index contributed by atoms with van der Waals surface area (Å²) in [6, 6.07) is 11.7. The second-order valence-electron chi connectivity index (χ2n) is 12.9. The summed E-state index contributed by atoms with van der Waals surface area (Å²) in [7, 11) is -2.87. The van der Waals surface area contributed by atoms with Crippen molar-refractivity contribution in [3.63, 3.8) is 0 Å². The number of rotatable bonds is 0. The van der Waals surface area contributed by atoms with E-state index in [-0.39, 0.29) is 27.9 Å². The van der Waals surface area contributed by atoms with Crippen LogP contribution in [0.25, 0.3) is 0 Å². The van der Waals surface area contributed by atoms with E-state index in [1.54, 1.807) is 6.07 Å². The van der Waals surface area contributed by atoms with Crippen LogP contribution in [0.15, 0.2) is 48.6 Å². The van der Waals surface area contributed by atoms with Crippen molar-refractivity contribution in [1.82, 2.24) is 4.72 Å². The van der Waals surface area contributed by atoms with Gasteiger partial charge in [-0.1, -0.05) is 36.7 Å². The first-order chi connectivity index (χ1) is 19.5. The Hall–Kier alpha value is -2.48. The minimum atomic E-state index is -2.87. The van der Waals surface area contributed by atoms with E-state index in [2.05, 4.69) is 34.5 Å². The number of anilines is 1. The molecule has 0 aromatic heterocycles. The average molecular weight is 597 g/mol. The molecule has 220 valence electrons. The van der Waals surface area contributed by atoms with Crippen molar-refractivity contribution in [2.75, 3.05) is 24.6 Å². The van der Waals surface area contributed by atoms with Gasteiger partial charge in [-0.3, -0.25) is 9.52 Å². The van der Waals surface area contributed by atoms with Gasteiger partial charge in [0.2, 0.25) is 0 Å². The topological polar surface area (TPSA) is 78.9 Å². The number of benzene rings is 2. The van der Waals surface area contributed by atoms with E-state index in [1.165, 1.54) is 11.1 Å². The first-order valence-electron chi connectivity index (χ1n) is 14.8. The van der Waals surface area contributed by atoms with Crippen molar-refractivity contribution >= 4 is 38.8 Å². The number of nitrogens with zero attached hydrogens (tertiary/aromatic N) is 1. The van der Waals surface area contributed by atoms with Crippen LogP contribution in [-0.2, 0) is 21.5 Å². The van der Waals surface area contributed by atoms with E-state index in [0.717, 1.165) is 61.7 Å². The summed E-state index contributed by atoms with van der Waals surface area (Å²) in [5.41, 5.74) is 3.40. The Bertz CT molecular complexity index is 1490. The fourth-order valence-electron chi connectivity index (χ4n) is 7.30. The highest BCUT2D eigenvalue weighted by atomic mass is 35.5. The lowest BCUT2D eigenvalue weighted by molar-refractivity contribution is -0.0469. The first-order valence-corrected chi connectivity index (χ1v) is 17.0. The summed E-state index contributed by atoms with van der Waals surface area (Å²) in [4.78, 5) is 15.8. The molecule has 0 radical (unpaired) electrons. The maximum Gasteiger partial charge on any atom is 0.262 e. The average Bonchev–Trinajstić information content (AvgIpc) is 3.08. The molecule has 1 fully saturated rings. The molecule has 1 amide bonds. The van der Waals surface area contributed by atoms with Crippen LogP contribution in [-0.4, -0.2) is 52.1 Å². The molecule has 6 atom stereocenters. The number of hydrogen-bond donors (Lipinski definition) is 2. The Labute approximate surface area is 249 Å². The lowest BCUT2D eigenvalue weighted by atomic mass is 9.58. The predicted molar refractivity (Wildman–Crippen MR) is 168 cm³/mol. The molecule has 4 aliphatic rings. The van der Waals surface area contributed by atoms with Crippen LogP contribution in [0, 0.1) is 11.3 Å². The molecule has 1 spiro atoms. The number of carbonyl (C=O) groups excluding carboxylic acids is 1. The summed E-state index contributed by atoms with van der Waals surface area (Å²) in [5, 5.41) is 11.8. The molecule has 1 unspecified atom stereocenters. The Morgan fingerprint density at radius 3 is 2.80 bits per heavy atom. The van der Waals surface area contributed by atoms with Gasteiger partial charge in [-0.25, -0.2) is 4.21 Å². The van der Waals surface area contributed by atoms with Crippen LogP contribution in [0.4, 0.5) is 5.69 Å². The second kappa shape index (κ2) is 10.7. The maximum atomic E-state index is 13.4. The number of ether oxygens (including phenoxy) is 1. The quantitative estimate of drug-likeness (QED) is 0.302. The van der Waals surface area contributed by atoms with Crippen LogP contribution in [0.2, 0.25) is 5.02 Å². The van der Waals surface area contributed by atoms with Crippen molar-refractivity contribution in [3.8, 4) is 5.75 Å². The zero-order chi connectivity index (χ0) is 29.0. The molecule has 2 heterocycles. The Kier molecular flexibility index (Phi) is 7.44. The number of aryl methyl sites for hydroxylation is 1. The van der Waals surface area contributed by atoms with Gasteiger partial charge >= 0.3 is 0 Å². The van der Waals surface area contributed by atoms with Gasteiger partial charge in [0.05, 0.1) is 28.1 Å². The van der Waals surface area contributed by atoms with Gasteiger partial charge in [0.1, 0.15) is 5.75 Å². The summed E-state index contributed by atoms with van der Waals surface area (Å²) in [6.07, 6.45) is 9.64. The van der Waals surface area contributed by atoms with Crippen molar-refractivity contribution < 1.29 is 18.8 Å². The van der Waals surface area contributed by atoms with Crippen LogP contribution in [0.5, 0.6) is 5.75 Å². The van der Waals surface area contributed by atoms with E-state index in [1.807, 2.05) is 37.3 Å². The van der Waals surface area contributed by atoms with Gasteiger partial charge in [-0.05, 0) is 105 Å². The van der Waals surface area contributed by atoms with Gasteiger partial charge < -0.3 is 14.7 Å². The van der Waals surface area contributed by atoms with Crippen molar-refractivity contribution in [2.45, 2.75) is 75.6 Å². The van der Waals surface area contributed by atoms with Crippen LogP contribution >= 0.6 is 11.6 Å². The SMILES string of the molecule is C=S1(=O)NC(=O)c2ccc3c(c2)N(C[C@@H]2CC[C@@]2(C)[C@@H](O)/C=C/CC[C@H]1C)C[C@@]1(CCCc2cc(Cl)ccc21)CO3. The maximum absolute atomic E-state index is 13.4. The summed E-state index contributed by atoms with van der Waals surface area (Å²) < 4.78 is 22.7. The highest BCUT2D eigenvalue weighted by molar-refractivity contribution is 7.99. The molecule has 2 aromatic carbocycles. The lowest BCUT2D eigenvalue weighted by Gasteiger charge is -2.52. The molecule has 2 bridgehead atoms. The van der Waals surface area contributed by atoms with E-state index in [0.29, 0.717) is 25.0 Å². The zero-order valence-corrected chi connectivity index (χ0v) is 25.6. The third-order valence-corrected chi connectivity index (χ3v) is 12.7. The van der Waals surface area contributed by atoms with E-state index in [9.17, 15) is 14.1 Å². The molecule has 6 rings (SSSR count). The standard InChI is InChI=1S/C33H41ClN2O4S/c1-22-7-4-5-9-30(37)32(2)16-14-25(32)19-36-20-33(15-6-8-23-17-26(34)11-12-27(23)33)21-40-29-13-10-24(18-28(29)36)31(38)35-41(22,3)39/h5,9-13,17-18,22,25,30,37H,3-4,6-8,14-16,19-21H2,1-2H3,(H,35,38,39)/b9-5+/t22-,25+,30+,32-,33+,41?/m1/s1. The van der Waals surface area contributed by atoms with Crippen LogP contribution < -0.4 is 14.4 Å². The normalized spacial score (nSPS) is 36.1. The molecule has 1 saturated carbocycles.